The molecule has 2 aliphatic carbocycles. The molecule has 84 valence electrons. The first-order valence-corrected chi connectivity index (χ1v) is 5.74. The molecule has 1 aromatic carbocycles. The molecular formula is C15H8N2O. The fourth-order valence-electron chi connectivity index (χ4n) is 2.53. The van der Waals surface area contributed by atoms with Gasteiger partial charge in [0.15, 0.2) is 5.78 Å². The van der Waals surface area contributed by atoms with Crippen molar-refractivity contribution in [3.63, 3.8) is 0 Å². The van der Waals surface area contributed by atoms with Crippen LogP contribution < -0.4 is 10.6 Å². The van der Waals surface area contributed by atoms with Crippen LogP contribution in [0.2, 0.25) is 0 Å². The third-order valence-corrected chi connectivity index (χ3v) is 3.34. The van der Waals surface area contributed by atoms with Crippen LogP contribution in [-0.2, 0) is 0 Å². The SMILES string of the molecule is O=C1C2=c3ccnnc3=CC2=Cc2ccccc21. The molecule has 0 saturated carbocycles. The molecule has 0 amide bonds. The van der Waals surface area contributed by atoms with Gasteiger partial charge in [-0.25, -0.2) is 0 Å². The van der Waals surface area contributed by atoms with E-state index < -0.39 is 0 Å². The third kappa shape index (κ3) is 1.10. The number of allylic oxidation sites excluding steroid dienone is 1. The molecule has 0 atom stereocenters. The molecule has 2 aliphatic rings. The van der Waals surface area contributed by atoms with Gasteiger partial charge in [-0.2, -0.15) is 10.2 Å². The summed E-state index contributed by atoms with van der Waals surface area (Å²) in [6.45, 7) is 0. The lowest BCUT2D eigenvalue weighted by Gasteiger charge is -2.14. The smallest absolute Gasteiger partial charge is 0.194 e. The number of aromatic nitrogens is 2. The van der Waals surface area contributed by atoms with E-state index in [1.807, 2.05) is 42.5 Å². The van der Waals surface area contributed by atoms with Gasteiger partial charge in [0.25, 0.3) is 0 Å². The van der Waals surface area contributed by atoms with Gasteiger partial charge < -0.3 is 0 Å². The summed E-state index contributed by atoms with van der Waals surface area (Å²) in [5.41, 5.74) is 3.42. The van der Waals surface area contributed by atoms with Gasteiger partial charge in [-0.1, -0.05) is 24.3 Å². The molecule has 0 saturated heterocycles. The number of nitrogens with zero attached hydrogens (tertiary/aromatic N) is 2. The predicted molar refractivity (Wildman–Crippen MR) is 67.9 cm³/mol. The Morgan fingerprint density at radius 1 is 1.00 bits per heavy atom. The number of ketones is 1. The molecule has 4 rings (SSSR count). The van der Waals surface area contributed by atoms with Crippen LogP contribution in [0.15, 0.2) is 42.1 Å². The average Bonchev–Trinajstić information content (AvgIpc) is 2.77. The van der Waals surface area contributed by atoms with Crippen molar-refractivity contribution in [3.8, 4) is 0 Å². The Balaban J connectivity index is 2.15. The maximum atomic E-state index is 12.5. The number of hydrogen-bond donors (Lipinski definition) is 0. The summed E-state index contributed by atoms with van der Waals surface area (Å²) >= 11 is 0. The van der Waals surface area contributed by atoms with E-state index in [0.717, 1.165) is 32.8 Å². The molecular weight excluding hydrogens is 224 g/mol. The van der Waals surface area contributed by atoms with Crippen LogP contribution in [0.1, 0.15) is 15.9 Å². The summed E-state index contributed by atoms with van der Waals surface area (Å²) in [5, 5.41) is 9.58. The van der Waals surface area contributed by atoms with Crippen LogP contribution >= 0.6 is 0 Å². The second kappa shape index (κ2) is 3.23. The zero-order chi connectivity index (χ0) is 12.1. The normalized spacial score (nSPS) is 15.4. The molecule has 0 fully saturated rings. The number of Topliss-reactive ketones (excluding diaryl/α,β-unsaturated/α-hetero) is 1. The van der Waals surface area contributed by atoms with Gasteiger partial charge in [0.2, 0.25) is 0 Å². The highest BCUT2D eigenvalue weighted by Crippen LogP contribution is 2.29. The van der Waals surface area contributed by atoms with Crippen molar-refractivity contribution >= 4 is 23.5 Å². The lowest BCUT2D eigenvalue weighted by atomic mass is 9.88. The number of fused-ring (bicyclic) bond motifs is 3. The van der Waals surface area contributed by atoms with Gasteiger partial charge in [0.1, 0.15) is 0 Å². The highest BCUT2D eigenvalue weighted by atomic mass is 16.1. The van der Waals surface area contributed by atoms with Crippen molar-refractivity contribution in [2.24, 2.45) is 0 Å². The number of benzene rings is 1. The first-order valence-electron chi connectivity index (χ1n) is 5.74. The third-order valence-electron chi connectivity index (χ3n) is 3.34. The number of carbonyl (C=O) groups excluding carboxylic acids is 1. The van der Waals surface area contributed by atoms with Crippen molar-refractivity contribution in [2.75, 3.05) is 0 Å². The Kier molecular flexibility index (Phi) is 1.70. The fraction of sp³-hybridized carbons (Fsp3) is 0. The quantitative estimate of drug-likeness (QED) is 0.671. The molecule has 3 heteroatoms. The van der Waals surface area contributed by atoms with Crippen LogP contribution in [0, 0.1) is 0 Å². The average molecular weight is 232 g/mol. The van der Waals surface area contributed by atoms with Crippen molar-refractivity contribution in [1.29, 1.82) is 0 Å². The van der Waals surface area contributed by atoms with Crippen LogP contribution in [-0.4, -0.2) is 16.0 Å². The van der Waals surface area contributed by atoms with Gasteiger partial charge in [-0.05, 0) is 29.4 Å². The summed E-state index contributed by atoms with van der Waals surface area (Å²) in [4.78, 5) is 12.5. The van der Waals surface area contributed by atoms with E-state index in [1.54, 1.807) is 6.20 Å². The first-order chi connectivity index (χ1) is 8.84. The van der Waals surface area contributed by atoms with Crippen LogP contribution in [0.5, 0.6) is 0 Å². The van der Waals surface area contributed by atoms with Crippen LogP contribution in [0.25, 0.3) is 17.7 Å². The summed E-state index contributed by atoms with van der Waals surface area (Å²) in [7, 11) is 0. The molecule has 18 heavy (non-hydrogen) atoms. The molecule has 3 nitrogen and oxygen atoms in total. The van der Waals surface area contributed by atoms with E-state index in [0.29, 0.717) is 0 Å². The Bertz CT molecular complexity index is 847. The zero-order valence-electron chi connectivity index (χ0n) is 9.42. The topological polar surface area (TPSA) is 42.9 Å². The Morgan fingerprint density at radius 3 is 2.83 bits per heavy atom. The summed E-state index contributed by atoms with van der Waals surface area (Å²) < 4.78 is 0. The maximum absolute atomic E-state index is 12.5. The van der Waals surface area contributed by atoms with Crippen molar-refractivity contribution in [1.82, 2.24) is 10.2 Å². The number of hydrogen-bond acceptors (Lipinski definition) is 3. The highest BCUT2D eigenvalue weighted by Gasteiger charge is 2.26. The Morgan fingerprint density at radius 2 is 1.89 bits per heavy atom. The summed E-state index contributed by atoms with van der Waals surface area (Å²) in [5.74, 6) is 0.0751. The van der Waals surface area contributed by atoms with Crippen LogP contribution in [0.4, 0.5) is 0 Å². The molecule has 0 aliphatic heterocycles. The van der Waals surface area contributed by atoms with Crippen molar-refractivity contribution in [2.45, 2.75) is 0 Å². The molecule has 2 aromatic rings. The molecule has 1 heterocycles. The standard InChI is InChI=1S/C15H8N2O/c18-15-11-4-2-1-3-9(11)7-10-8-13-12(14(10)15)5-6-16-17-13/h1-8H. The Hall–Kier alpha value is -2.55. The van der Waals surface area contributed by atoms with E-state index in [4.69, 9.17) is 0 Å². The lowest BCUT2D eigenvalue weighted by molar-refractivity contribution is 0.105. The largest absolute Gasteiger partial charge is 0.289 e. The molecule has 0 radical (unpaired) electrons. The second-order valence-electron chi connectivity index (χ2n) is 4.37. The monoisotopic (exact) mass is 232 g/mol. The van der Waals surface area contributed by atoms with E-state index in [-0.39, 0.29) is 5.78 Å². The Labute approximate surface area is 103 Å². The zero-order valence-corrected chi connectivity index (χ0v) is 9.42. The van der Waals surface area contributed by atoms with E-state index >= 15 is 0 Å². The van der Waals surface area contributed by atoms with Gasteiger partial charge in [-0.15, -0.1) is 0 Å². The number of carbonyl (C=O) groups is 1. The fourth-order valence-corrected chi connectivity index (χ4v) is 2.53. The van der Waals surface area contributed by atoms with Crippen molar-refractivity contribution in [3.05, 3.63) is 63.8 Å². The minimum atomic E-state index is 0.0751. The molecule has 0 bridgehead atoms. The van der Waals surface area contributed by atoms with Gasteiger partial charge in [0, 0.05) is 16.4 Å². The second-order valence-corrected chi connectivity index (χ2v) is 4.37. The first kappa shape index (κ1) is 9.48. The van der Waals surface area contributed by atoms with Gasteiger partial charge in [0.05, 0.1) is 11.5 Å². The number of rotatable bonds is 0. The highest BCUT2D eigenvalue weighted by molar-refractivity contribution is 6.34. The summed E-state index contributed by atoms with van der Waals surface area (Å²) in [6.07, 6.45) is 5.58. The molecule has 1 aromatic heterocycles. The predicted octanol–water partition coefficient (Wildman–Crippen LogP) is 0.701. The summed E-state index contributed by atoms with van der Waals surface area (Å²) in [6, 6.07) is 9.50. The lowest BCUT2D eigenvalue weighted by Crippen LogP contribution is -2.29. The molecule has 0 unspecified atom stereocenters. The maximum Gasteiger partial charge on any atom is 0.194 e. The van der Waals surface area contributed by atoms with Crippen LogP contribution in [0.3, 0.4) is 0 Å². The van der Waals surface area contributed by atoms with E-state index in [2.05, 4.69) is 10.2 Å². The minimum absolute atomic E-state index is 0.0751. The van der Waals surface area contributed by atoms with Gasteiger partial charge >= 0.3 is 0 Å². The molecule has 0 spiro atoms. The van der Waals surface area contributed by atoms with E-state index in [1.165, 1.54) is 0 Å². The minimum Gasteiger partial charge on any atom is -0.289 e. The van der Waals surface area contributed by atoms with Gasteiger partial charge in [-0.3, -0.25) is 4.79 Å². The van der Waals surface area contributed by atoms with Crippen molar-refractivity contribution < 1.29 is 4.79 Å². The van der Waals surface area contributed by atoms with E-state index in [9.17, 15) is 4.79 Å². The molecule has 0 N–H and O–H groups in total.